The van der Waals surface area contributed by atoms with Crippen molar-refractivity contribution in [2.75, 3.05) is 12.0 Å². The van der Waals surface area contributed by atoms with Crippen LogP contribution in [-0.4, -0.2) is 36.2 Å². The topological polar surface area (TPSA) is 49.9 Å². The molecule has 2 aromatic rings. The van der Waals surface area contributed by atoms with Gasteiger partial charge in [-0.3, -0.25) is 9.69 Å². The number of ether oxygens (including phenoxy) is 1. The molecule has 5 nitrogen and oxygen atoms in total. The molecule has 42 heavy (non-hydrogen) atoms. The van der Waals surface area contributed by atoms with E-state index in [4.69, 9.17) is 4.74 Å². The van der Waals surface area contributed by atoms with Crippen LogP contribution in [-0.2, 0) is 41.3 Å². The third-order valence-corrected chi connectivity index (χ3v) is 8.07. The Labute approximate surface area is 234 Å². The van der Waals surface area contributed by atoms with Crippen LogP contribution in [0.4, 0.5) is 50.0 Å². The Balaban J connectivity index is 1.65. The van der Waals surface area contributed by atoms with Crippen molar-refractivity contribution in [1.29, 1.82) is 0 Å². The highest BCUT2D eigenvalue weighted by Gasteiger charge is 2.53. The normalized spacial score (nSPS) is 20.7. The van der Waals surface area contributed by atoms with Crippen LogP contribution in [0.25, 0.3) is 0 Å². The summed E-state index contributed by atoms with van der Waals surface area (Å²) in [5, 5.41) is 0. The number of anilines is 1. The van der Waals surface area contributed by atoms with Crippen molar-refractivity contribution in [1.82, 2.24) is 4.90 Å². The number of benzene rings is 2. The second-order valence-corrected chi connectivity index (χ2v) is 10.9. The predicted octanol–water partition coefficient (Wildman–Crippen LogP) is 7.60. The number of amides is 2. The second kappa shape index (κ2) is 10.4. The standard InChI is InChI=1S/C28H25F9N2O3/c1-42-25(41)38(13-14-7-18(26(29,30)31)11-19(8-14)27(32,33)34)22-12-21(15-5-6-15)39(24(40)28(35,36)37)23-10-17-4-2-3-16(17)9-20(22)23/h7-11,15,21-22H,2-6,12-13H2,1H3/t21-,22-/m1/s1. The van der Waals surface area contributed by atoms with Crippen LogP contribution in [0.5, 0.6) is 0 Å². The number of aryl methyl sites for hydroxylation is 2. The second-order valence-electron chi connectivity index (χ2n) is 10.9. The van der Waals surface area contributed by atoms with Crippen molar-refractivity contribution in [3.05, 3.63) is 63.7 Å². The van der Waals surface area contributed by atoms with E-state index in [1.807, 2.05) is 0 Å². The summed E-state index contributed by atoms with van der Waals surface area (Å²) in [6.45, 7) is -0.758. The highest BCUT2D eigenvalue weighted by Crippen LogP contribution is 2.51. The van der Waals surface area contributed by atoms with Crippen LogP contribution in [0.3, 0.4) is 0 Å². The number of nitrogens with zero attached hydrogens (tertiary/aromatic N) is 2. The highest BCUT2D eigenvalue weighted by molar-refractivity contribution is 5.99. The largest absolute Gasteiger partial charge is 0.471 e. The van der Waals surface area contributed by atoms with Gasteiger partial charge in [0.1, 0.15) is 0 Å². The molecule has 2 atom stereocenters. The smallest absolute Gasteiger partial charge is 0.453 e. The summed E-state index contributed by atoms with van der Waals surface area (Å²) in [4.78, 5) is 27.5. The number of alkyl halides is 9. The first-order valence-electron chi connectivity index (χ1n) is 13.2. The van der Waals surface area contributed by atoms with Crippen molar-refractivity contribution < 1.29 is 53.8 Å². The first-order valence-corrected chi connectivity index (χ1v) is 13.2. The summed E-state index contributed by atoms with van der Waals surface area (Å²) >= 11 is 0. The fourth-order valence-electron chi connectivity index (χ4n) is 6.05. The molecule has 1 heterocycles. The molecule has 0 bridgehead atoms. The highest BCUT2D eigenvalue weighted by atomic mass is 19.4. The summed E-state index contributed by atoms with van der Waals surface area (Å²) in [5.41, 5.74) is -2.04. The van der Waals surface area contributed by atoms with Gasteiger partial charge in [-0.25, -0.2) is 4.79 Å². The third-order valence-electron chi connectivity index (χ3n) is 8.07. The summed E-state index contributed by atoms with van der Waals surface area (Å²) in [6, 6.07) is 1.94. The number of rotatable bonds is 4. The number of methoxy groups -OCH3 is 1. The van der Waals surface area contributed by atoms with Gasteiger partial charge in [-0.15, -0.1) is 0 Å². The van der Waals surface area contributed by atoms with Crippen LogP contribution in [0.15, 0.2) is 30.3 Å². The molecular weight excluding hydrogens is 583 g/mol. The molecule has 0 aromatic heterocycles. The number of carbonyl (C=O) groups excluding carboxylic acids is 2. The molecule has 1 fully saturated rings. The van der Waals surface area contributed by atoms with Gasteiger partial charge in [-0.1, -0.05) is 6.07 Å². The fraction of sp³-hybridized carbons (Fsp3) is 0.500. The van der Waals surface area contributed by atoms with Crippen molar-refractivity contribution in [2.45, 2.75) is 75.7 Å². The molecule has 0 saturated heterocycles. The molecule has 228 valence electrons. The average molecular weight is 609 g/mol. The number of hydrogen-bond donors (Lipinski definition) is 0. The van der Waals surface area contributed by atoms with Gasteiger partial charge in [-0.05, 0) is 91.0 Å². The van der Waals surface area contributed by atoms with Gasteiger partial charge in [0.15, 0.2) is 0 Å². The molecular formula is C28H25F9N2O3. The van der Waals surface area contributed by atoms with Gasteiger partial charge in [-0.2, -0.15) is 39.5 Å². The number of hydrogen-bond acceptors (Lipinski definition) is 3. The Morgan fingerprint density at radius 1 is 0.881 bits per heavy atom. The van der Waals surface area contributed by atoms with Gasteiger partial charge < -0.3 is 9.64 Å². The third kappa shape index (κ3) is 5.76. The molecule has 2 aromatic carbocycles. The summed E-state index contributed by atoms with van der Waals surface area (Å²) in [6.07, 6.45) is -13.9. The van der Waals surface area contributed by atoms with E-state index in [1.54, 1.807) is 6.07 Å². The first-order chi connectivity index (χ1) is 19.5. The molecule has 0 N–H and O–H groups in total. The zero-order chi connectivity index (χ0) is 30.8. The lowest BCUT2D eigenvalue weighted by Crippen LogP contribution is -2.53. The van der Waals surface area contributed by atoms with Crippen LogP contribution in [0.2, 0.25) is 0 Å². The van der Waals surface area contributed by atoms with E-state index in [1.165, 1.54) is 6.07 Å². The van der Waals surface area contributed by atoms with E-state index in [0.717, 1.165) is 23.1 Å². The zero-order valence-electron chi connectivity index (χ0n) is 22.1. The van der Waals surface area contributed by atoms with E-state index < -0.39 is 65.8 Å². The minimum absolute atomic E-state index is 0.0328. The van der Waals surface area contributed by atoms with Crippen molar-refractivity contribution >= 4 is 17.7 Å². The SMILES string of the molecule is COC(=O)N(Cc1cc(C(F)(F)F)cc(C(F)(F)F)c1)[C@@H]1C[C@H](C2CC2)N(C(=O)C(F)(F)F)c2cc3c(cc21)CCC3. The zero-order valence-corrected chi connectivity index (χ0v) is 22.1. The molecule has 2 amide bonds. The van der Waals surface area contributed by atoms with Crippen LogP contribution in [0, 0.1) is 5.92 Å². The van der Waals surface area contributed by atoms with Gasteiger partial charge >= 0.3 is 30.5 Å². The van der Waals surface area contributed by atoms with Crippen LogP contribution < -0.4 is 4.90 Å². The Morgan fingerprint density at radius 3 is 1.95 bits per heavy atom. The lowest BCUT2D eigenvalue weighted by atomic mass is 9.85. The quantitative estimate of drug-likeness (QED) is 0.336. The minimum Gasteiger partial charge on any atom is -0.453 e. The summed E-state index contributed by atoms with van der Waals surface area (Å²) in [5.74, 6) is -2.40. The minimum atomic E-state index is -5.20. The summed E-state index contributed by atoms with van der Waals surface area (Å²) < 4.78 is 127. The molecule has 0 radical (unpaired) electrons. The number of fused-ring (bicyclic) bond motifs is 2. The van der Waals surface area contributed by atoms with Gasteiger partial charge in [0.05, 0.1) is 24.3 Å². The number of carbonyl (C=O) groups is 2. The van der Waals surface area contributed by atoms with Crippen molar-refractivity contribution in [2.24, 2.45) is 5.92 Å². The molecule has 0 spiro atoms. The molecule has 0 unspecified atom stereocenters. The van der Waals surface area contributed by atoms with E-state index in [-0.39, 0.29) is 29.7 Å². The van der Waals surface area contributed by atoms with Crippen LogP contribution in [0.1, 0.15) is 65.1 Å². The van der Waals surface area contributed by atoms with Crippen molar-refractivity contribution in [3.8, 4) is 0 Å². The van der Waals surface area contributed by atoms with Crippen molar-refractivity contribution in [3.63, 3.8) is 0 Å². The van der Waals surface area contributed by atoms with Crippen LogP contribution >= 0.6 is 0 Å². The molecule has 3 aliphatic rings. The van der Waals surface area contributed by atoms with E-state index in [2.05, 4.69) is 0 Å². The maximum atomic E-state index is 13.8. The van der Waals surface area contributed by atoms with Gasteiger partial charge in [0, 0.05) is 18.3 Å². The van der Waals surface area contributed by atoms with Gasteiger partial charge in [0.25, 0.3) is 0 Å². The van der Waals surface area contributed by atoms with E-state index in [0.29, 0.717) is 49.1 Å². The lowest BCUT2D eigenvalue weighted by Gasteiger charge is -2.45. The van der Waals surface area contributed by atoms with E-state index in [9.17, 15) is 49.1 Å². The number of halogens is 9. The Kier molecular flexibility index (Phi) is 7.41. The molecule has 1 saturated carbocycles. The maximum Gasteiger partial charge on any atom is 0.471 e. The molecule has 1 aliphatic heterocycles. The molecule has 14 heteroatoms. The maximum absolute atomic E-state index is 13.8. The first kappa shape index (κ1) is 30.0. The monoisotopic (exact) mass is 608 g/mol. The predicted molar refractivity (Wildman–Crippen MR) is 130 cm³/mol. The Bertz CT molecular complexity index is 1360. The van der Waals surface area contributed by atoms with Gasteiger partial charge in [0.2, 0.25) is 0 Å². The Hall–Kier alpha value is -3.45. The van der Waals surface area contributed by atoms with E-state index >= 15 is 0 Å². The Morgan fingerprint density at radius 2 is 1.45 bits per heavy atom. The molecule has 2 aliphatic carbocycles. The average Bonchev–Trinajstić information content (AvgIpc) is 3.64. The fourth-order valence-corrected chi connectivity index (χ4v) is 6.05. The molecule has 5 rings (SSSR count). The summed E-state index contributed by atoms with van der Waals surface area (Å²) in [7, 11) is 0.979. The lowest BCUT2D eigenvalue weighted by molar-refractivity contribution is -0.171.